The van der Waals surface area contributed by atoms with Gasteiger partial charge < -0.3 is 40.2 Å². The van der Waals surface area contributed by atoms with Crippen LogP contribution < -0.4 is 30.7 Å². The van der Waals surface area contributed by atoms with Crippen molar-refractivity contribution >= 4 is 78.9 Å². The molecule has 24 heteroatoms. The molecule has 4 fully saturated rings. The van der Waals surface area contributed by atoms with Crippen molar-refractivity contribution in [3.8, 4) is 0 Å². The van der Waals surface area contributed by atoms with Crippen LogP contribution in [0.25, 0.3) is 0 Å². The Kier molecular flexibility index (Phi) is 21.3. The van der Waals surface area contributed by atoms with E-state index in [-0.39, 0.29) is 48.0 Å². The van der Waals surface area contributed by atoms with Gasteiger partial charge in [-0.15, -0.1) is 0 Å². The molecule has 6 heterocycles. The van der Waals surface area contributed by atoms with E-state index in [9.17, 15) is 29.6 Å². The van der Waals surface area contributed by atoms with Gasteiger partial charge in [0.2, 0.25) is 24.2 Å². The molecule has 4 atom stereocenters. The summed E-state index contributed by atoms with van der Waals surface area (Å²) in [4.78, 5) is 71.1. The van der Waals surface area contributed by atoms with Gasteiger partial charge in [-0.1, -0.05) is 73.9 Å². The van der Waals surface area contributed by atoms with E-state index in [0.29, 0.717) is 62.4 Å². The molecule has 468 valence electrons. The number of rotatable bonds is 14. The lowest BCUT2D eigenvalue weighted by Gasteiger charge is -2.43. The molecule has 0 bridgehead atoms. The van der Waals surface area contributed by atoms with E-state index in [2.05, 4.69) is 85.0 Å². The minimum absolute atomic E-state index is 0.144. The van der Waals surface area contributed by atoms with E-state index >= 15 is 0 Å². The number of hydrogen-bond donors (Lipinski definition) is 6. The Bertz CT molecular complexity index is 3180. The third kappa shape index (κ3) is 15.3. The van der Waals surface area contributed by atoms with Crippen molar-refractivity contribution in [1.29, 1.82) is 0 Å². The van der Waals surface area contributed by atoms with Gasteiger partial charge in [0.05, 0.1) is 21.6 Å². The fraction of sp³-hybridized carbons (Fsp3) is 0.500. The Morgan fingerprint density at radius 2 is 0.966 bits per heavy atom. The number of urea groups is 2. The van der Waals surface area contributed by atoms with Crippen LogP contribution in [0.15, 0.2) is 107 Å². The number of carbonyl (C=O) groups is 4. The molecule has 12 rings (SSSR count). The van der Waals surface area contributed by atoms with Crippen molar-refractivity contribution < 1.29 is 39.1 Å². The summed E-state index contributed by atoms with van der Waals surface area (Å²) >= 11 is 20.0. The third-order valence-corrected chi connectivity index (χ3v) is 19.7. The highest BCUT2D eigenvalue weighted by Gasteiger charge is 2.46. The van der Waals surface area contributed by atoms with Crippen LogP contribution in [0.5, 0.6) is 0 Å². The van der Waals surface area contributed by atoms with E-state index in [1.165, 1.54) is 22.3 Å². The van der Waals surface area contributed by atoms with Gasteiger partial charge in [0.1, 0.15) is 24.2 Å². The van der Waals surface area contributed by atoms with E-state index in [4.69, 9.17) is 23.2 Å². The second kappa shape index (κ2) is 29.6. The quantitative estimate of drug-likeness (QED) is 0.0348. The molecule has 6 aromatic rings. The average molecular weight is 1370 g/mol. The van der Waals surface area contributed by atoms with Gasteiger partial charge in [-0.05, 0) is 155 Å². The number of pyridine rings is 2. The Hall–Kier alpha value is -6.30. The van der Waals surface area contributed by atoms with Crippen LogP contribution in [0.1, 0.15) is 134 Å². The minimum atomic E-state index is -0.689. The molecule has 6 N–H and O–H groups in total. The van der Waals surface area contributed by atoms with Gasteiger partial charge >= 0.3 is 12.1 Å². The summed E-state index contributed by atoms with van der Waals surface area (Å²) in [6.45, 7) is 5.00. The van der Waals surface area contributed by atoms with Crippen molar-refractivity contribution in [2.45, 2.75) is 152 Å². The number of nitrogens with one attached hydrogen (secondary N) is 4. The van der Waals surface area contributed by atoms with Crippen molar-refractivity contribution in [3.63, 3.8) is 0 Å². The van der Waals surface area contributed by atoms with Crippen LogP contribution >= 0.6 is 55.1 Å². The van der Waals surface area contributed by atoms with Crippen LogP contribution in [0.2, 0.25) is 10.0 Å². The lowest BCUT2D eigenvalue weighted by atomic mass is 9.94. The molecule has 2 saturated heterocycles. The summed E-state index contributed by atoms with van der Waals surface area (Å²) in [5.74, 6) is -0.339. The van der Waals surface area contributed by atoms with Crippen LogP contribution in [-0.4, -0.2) is 150 Å². The molecule has 3 unspecified atom stereocenters. The number of nitrogens with zero attached hydrogens (tertiary/aromatic N) is 10. The molecule has 6 amide bonds. The summed E-state index contributed by atoms with van der Waals surface area (Å²) in [6, 6.07) is 13.9. The van der Waals surface area contributed by atoms with Crippen molar-refractivity contribution in [3.05, 3.63) is 162 Å². The number of halogens is 4. The Balaban J connectivity index is 0.000000182. The van der Waals surface area contributed by atoms with E-state index in [0.717, 1.165) is 157 Å². The Morgan fingerprint density at radius 1 is 0.557 bits per heavy atom. The first-order valence-electron chi connectivity index (χ1n) is 31.3. The number of imidazole rings is 2. The highest BCUT2D eigenvalue weighted by atomic mass is 79.9. The van der Waals surface area contributed by atoms with E-state index < -0.39 is 12.1 Å². The highest BCUT2D eigenvalue weighted by Crippen LogP contribution is 2.40. The SMILES string of the molecule is O=C(NCCCn1ccnc1)C1CN(C2c3ccc(Cl)cc3CCc3cc(Br)c[n+](O)c32)CCN1C(=O)NC1CCCCC1.O=C(NCCCn1ccnc1)C1CN([C@@H]2c3ccc(Cl)cc3CCc3cc(Br)c[n+](O)c32)CCN1C(=O)NC1CCCCC1. The summed E-state index contributed by atoms with van der Waals surface area (Å²) in [7, 11) is 0. The summed E-state index contributed by atoms with van der Waals surface area (Å²) in [5.41, 5.74) is 7.94. The molecule has 88 heavy (non-hydrogen) atoms. The molecule has 4 aromatic heterocycles. The largest absolute Gasteiger partial charge is 0.354 e. The van der Waals surface area contributed by atoms with Crippen molar-refractivity contribution in [2.24, 2.45) is 0 Å². The monoisotopic (exact) mass is 1370 g/mol. The Labute approximate surface area is 541 Å². The second-order valence-electron chi connectivity index (χ2n) is 24.2. The van der Waals surface area contributed by atoms with Gasteiger partial charge in [-0.25, -0.2) is 19.6 Å². The van der Waals surface area contributed by atoms with E-state index in [1.807, 2.05) is 57.9 Å². The fourth-order valence-corrected chi connectivity index (χ4v) is 15.3. The van der Waals surface area contributed by atoms with Gasteiger partial charge in [-0.2, -0.15) is 0 Å². The maximum Gasteiger partial charge on any atom is 0.318 e. The maximum absolute atomic E-state index is 13.9. The fourth-order valence-electron chi connectivity index (χ4n) is 14.0. The molecule has 0 spiro atoms. The lowest BCUT2D eigenvalue weighted by molar-refractivity contribution is -0.911. The lowest BCUT2D eigenvalue weighted by Crippen LogP contribution is -2.64. The Morgan fingerprint density at radius 3 is 1.36 bits per heavy atom. The molecule has 6 aliphatic rings. The minimum Gasteiger partial charge on any atom is -0.354 e. The number of hydrogen-bond acceptors (Lipinski definition) is 10. The number of carbonyl (C=O) groups excluding carboxylic acids is 4. The molecular formula is C64H80Br2Cl2N14O6+2. The molecule has 2 aromatic carbocycles. The zero-order chi connectivity index (χ0) is 61.3. The van der Waals surface area contributed by atoms with E-state index in [1.54, 1.807) is 47.2 Å². The molecule has 4 aliphatic carbocycles. The van der Waals surface area contributed by atoms with Gasteiger partial charge in [0.15, 0.2) is 0 Å². The summed E-state index contributed by atoms with van der Waals surface area (Å²) in [6.07, 6.45) is 29.4. The first kappa shape index (κ1) is 63.3. The van der Waals surface area contributed by atoms with Crippen LogP contribution in [0, 0.1) is 0 Å². The number of aromatic nitrogens is 6. The zero-order valence-electron chi connectivity index (χ0n) is 49.6. The molecular weight excluding hydrogens is 1290 g/mol. The summed E-state index contributed by atoms with van der Waals surface area (Å²) in [5, 5.41) is 36.5. The molecule has 2 saturated carbocycles. The summed E-state index contributed by atoms with van der Waals surface area (Å²) < 4.78 is 7.96. The van der Waals surface area contributed by atoms with Crippen molar-refractivity contribution in [1.82, 2.24) is 60.0 Å². The van der Waals surface area contributed by atoms with Gasteiger partial charge in [0, 0.05) is 133 Å². The standard InChI is InChI=1S/2C32H39BrClN7O3/c2*33-24-17-23-8-7-22-18-25(34)9-10-27(22)30(29(23)41(44)19-24)39-15-16-40(32(43)37-26-5-2-1-3-6-26)28(20-39)31(42)36-11-4-13-38-14-12-35-21-38/h2*9-10,12,14,17-19,21,26,28,30H,1-8,11,13,15-16,20H2,(H2-,36,37,42,43,44)/p+2/t28?,30-;/m1./s1. The zero-order valence-corrected chi connectivity index (χ0v) is 54.3. The maximum atomic E-state index is 13.9. The first-order valence-corrected chi connectivity index (χ1v) is 33.6. The van der Waals surface area contributed by atoms with Crippen molar-refractivity contribution in [2.75, 3.05) is 52.4 Å². The number of piperazine rings is 2. The number of benzene rings is 2. The van der Waals surface area contributed by atoms with Crippen LogP contribution in [-0.2, 0) is 48.4 Å². The smallest absolute Gasteiger partial charge is 0.318 e. The predicted molar refractivity (Wildman–Crippen MR) is 339 cm³/mol. The van der Waals surface area contributed by atoms with Gasteiger partial charge in [0.25, 0.3) is 11.4 Å². The normalized spacial score (nSPS) is 20.8. The molecule has 2 aliphatic heterocycles. The molecule has 0 radical (unpaired) electrons. The number of aryl methyl sites for hydroxylation is 6. The predicted octanol–water partition coefficient (Wildman–Crippen LogP) is 8.49. The second-order valence-corrected chi connectivity index (χ2v) is 26.9. The van der Waals surface area contributed by atoms with Crippen LogP contribution in [0.4, 0.5) is 9.59 Å². The number of fused-ring (bicyclic) bond motifs is 4. The molecule has 20 nitrogen and oxygen atoms in total. The first-order chi connectivity index (χ1) is 42.7. The highest BCUT2D eigenvalue weighted by molar-refractivity contribution is 9.10. The average Bonchev–Trinajstić information content (AvgIpc) is 1.75. The topological polar surface area (TPSA) is 213 Å². The number of amides is 6. The third-order valence-electron chi connectivity index (χ3n) is 18.4. The van der Waals surface area contributed by atoms with Crippen LogP contribution in [0.3, 0.4) is 0 Å². The van der Waals surface area contributed by atoms with Gasteiger partial charge in [-0.3, -0.25) is 29.8 Å².